The van der Waals surface area contributed by atoms with Crippen molar-refractivity contribution in [2.75, 3.05) is 31.2 Å². The molecule has 5 nitrogen and oxygen atoms in total. The Labute approximate surface area is 126 Å². The van der Waals surface area contributed by atoms with Gasteiger partial charge in [-0.3, -0.25) is 0 Å². The fourth-order valence-electron chi connectivity index (χ4n) is 2.75. The highest BCUT2D eigenvalue weighted by Crippen LogP contribution is 2.24. The molecule has 2 heterocycles. The van der Waals surface area contributed by atoms with Crippen molar-refractivity contribution in [2.45, 2.75) is 0 Å². The van der Waals surface area contributed by atoms with E-state index in [9.17, 15) is 4.39 Å². The van der Waals surface area contributed by atoms with E-state index in [4.69, 9.17) is 4.74 Å². The van der Waals surface area contributed by atoms with Crippen LogP contribution in [0.5, 0.6) is 0 Å². The second-order valence-electron chi connectivity index (χ2n) is 5.23. The molecule has 0 spiro atoms. The van der Waals surface area contributed by atoms with Crippen molar-refractivity contribution in [1.29, 1.82) is 0 Å². The van der Waals surface area contributed by atoms with E-state index in [1.807, 2.05) is 35.2 Å². The van der Waals surface area contributed by atoms with Crippen LogP contribution in [0.1, 0.15) is 0 Å². The number of ether oxygens (including phenoxy) is 1. The first-order chi connectivity index (χ1) is 10.8. The summed E-state index contributed by atoms with van der Waals surface area (Å²) < 4.78 is 21.4. The SMILES string of the molecule is Fc1cc(-n2nnc3ccccc32)ccc1N1CCOCC1. The lowest BCUT2D eigenvalue weighted by Gasteiger charge is -2.29. The number of aromatic nitrogens is 3. The van der Waals surface area contributed by atoms with Gasteiger partial charge in [0.1, 0.15) is 11.3 Å². The summed E-state index contributed by atoms with van der Waals surface area (Å²) in [5.41, 5.74) is 2.93. The largest absolute Gasteiger partial charge is 0.378 e. The van der Waals surface area contributed by atoms with E-state index in [-0.39, 0.29) is 5.82 Å². The molecule has 1 saturated heterocycles. The second kappa shape index (κ2) is 5.38. The molecule has 112 valence electrons. The van der Waals surface area contributed by atoms with Gasteiger partial charge in [0.15, 0.2) is 0 Å². The number of benzene rings is 2. The minimum Gasteiger partial charge on any atom is -0.378 e. The maximum atomic E-state index is 14.5. The van der Waals surface area contributed by atoms with Crippen LogP contribution in [-0.2, 0) is 4.74 Å². The van der Waals surface area contributed by atoms with Gasteiger partial charge in [-0.05, 0) is 24.3 Å². The zero-order valence-electron chi connectivity index (χ0n) is 11.9. The summed E-state index contributed by atoms with van der Waals surface area (Å²) in [6.07, 6.45) is 0. The van der Waals surface area contributed by atoms with Crippen molar-refractivity contribution in [1.82, 2.24) is 15.0 Å². The first-order valence-corrected chi connectivity index (χ1v) is 7.26. The number of para-hydroxylation sites is 1. The van der Waals surface area contributed by atoms with Crippen LogP contribution < -0.4 is 4.90 Å². The van der Waals surface area contributed by atoms with Gasteiger partial charge in [-0.1, -0.05) is 17.3 Å². The lowest BCUT2D eigenvalue weighted by Crippen LogP contribution is -2.36. The lowest BCUT2D eigenvalue weighted by molar-refractivity contribution is 0.122. The quantitative estimate of drug-likeness (QED) is 0.728. The van der Waals surface area contributed by atoms with Gasteiger partial charge < -0.3 is 9.64 Å². The third-order valence-corrected chi connectivity index (χ3v) is 3.88. The van der Waals surface area contributed by atoms with Gasteiger partial charge in [-0.2, -0.15) is 0 Å². The van der Waals surface area contributed by atoms with Crippen LogP contribution >= 0.6 is 0 Å². The fourth-order valence-corrected chi connectivity index (χ4v) is 2.75. The molecule has 1 aliphatic rings. The molecule has 0 unspecified atom stereocenters. The van der Waals surface area contributed by atoms with Gasteiger partial charge in [0.2, 0.25) is 0 Å². The molecular weight excluding hydrogens is 283 g/mol. The summed E-state index contributed by atoms with van der Waals surface area (Å²) in [5, 5.41) is 8.22. The second-order valence-corrected chi connectivity index (χ2v) is 5.23. The molecule has 22 heavy (non-hydrogen) atoms. The molecule has 6 heteroatoms. The molecule has 0 bridgehead atoms. The van der Waals surface area contributed by atoms with Gasteiger partial charge in [0, 0.05) is 19.2 Å². The summed E-state index contributed by atoms with van der Waals surface area (Å²) in [6.45, 7) is 2.69. The maximum Gasteiger partial charge on any atom is 0.148 e. The van der Waals surface area contributed by atoms with E-state index in [2.05, 4.69) is 10.3 Å². The van der Waals surface area contributed by atoms with Gasteiger partial charge in [-0.15, -0.1) is 5.10 Å². The summed E-state index contributed by atoms with van der Waals surface area (Å²) in [7, 11) is 0. The minimum absolute atomic E-state index is 0.251. The van der Waals surface area contributed by atoms with Crippen molar-refractivity contribution in [3.63, 3.8) is 0 Å². The van der Waals surface area contributed by atoms with Gasteiger partial charge >= 0.3 is 0 Å². The summed E-state index contributed by atoms with van der Waals surface area (Å²) in [5.74, 6) is -0.251. The van der Waals surface area contributed by atoms with E-state index in [0.29, 0.717) is 37.7 Å². The average Bonchev–Trinajstić information content (AvgIpc) is 2.99. The van der Waals surface area contributed by atoms with Crippen molar-refractivity contribution in [2.24, 2.45) is 0 Å². The topological polar surface area (TPSA) is 43.2 Å². The van der Waals surface area contributed by atoms with E-state index < -0.39 is 0 Å². The molecule has 1 aliphatic heterocycles. The highest BCUT2D eigenvalue weighted by atomic mass is 19.1. The van der Waals surface area contributed by atoms with Crippen LogP contribution in [0.4, 0.5) is 10.1 Å². The Morgan fingerprint density at radius 2 is 1.86 bits per heavy atom. The number of anilines is 1. The Morgan fingerprint density at radius 3 is 2.68 bits per heavy atom. The Balaban J connectivity index is 1.73. The van der Waals surface area contributed by atoms with Crippen LogP contribution in [0.15, 0.2) is 42.5 Å². The molecule has 0 amide bonds. The Bertz CT molecular complexity index is 811. The molecule has 1 fully saturated rings. The van der Waals surface area contributed by atoms with Crippen LogP contribution in [0, 0.1) is 5.82 Å². The smallest absolute Gasteiger partial charge is 0.148 e. The molecule has 0 radical (unpaired) electrons. The summed E-state index contributed by atoms with van der Waals surface area (Å²) >= 11 is 0. The van der Waals surface area contributed by atoms with Crippen molar-refractivity contribution >= 4 is 16.7 Å². The van der Waals surface area contributed by atoms with Gasteiger partial charge in [0.25, 0.3) is 0 Å². The summed E-state index contributed by atoms with van der Waals surface area (Å²) in [4.78, 5) is 2.00. The number of rotatable bonds is 2. The lowest BCUT2D eigenvalue weighted by atomic mass is 10.2. The molecule has 0 atom stereocenters. The summed E-state index contributed by atoms with van der Waals surface area (Å²) in [6, 6.07) is 12.8. The molecule has 4 rings (SSSR count). The molecule has 2 aromatic carbocycles. The molecular formula is C16H15FN4O. The van der Waals surface area contributed by atoms with E-state index in [0.717, 1.165) is 11.0 Å². The number of halogens is 1. The third-order valence-electron chi connectivity index (χ3n) is 3.88. The highest BCUT2D eigenvalue weighted by Gasteiger charge is 2.16. The van der Waals surface area contributed by atoms with E-state index in [1.165, 1.54) is 6.07 Å². The zero-order chi connectivity index (χ0) is 14.9. The van der Waals surface area contributed by atoms with Crippen molar-refractivity contribution in [3.8, 4) is 5.69 Å². The Morgan fingerprint density at radius 1 is 1.05 bits per heavy atom. The number of hydrogen-bond acceptors (Lipinski definition) is 4. The third kappa shape index (κ3) is 2.21. The number of nitrogens with zero attached hydrogens (tertiary/aromatic N) is 4. The standard InChI is InChI=1S/C16H15FN4O/c17-13-11-12(5-6-15(13)20-7-9-22-10-8-20)21-16-4-2-1-3-14(16)18-19-21/h1-6,11H,7-10H2. The monoisotopic (exact) mass is 298 g/mol. The van der Waals surface area contributed by atoms with Crippen LogP contribution in [-0.4, -0.2) is 41.3 Å². The van der Waals surface area contributed by atoms with Crippen LogP contribution in [0.2, 0.25) is 0 Å². The number of fused-ring (bicyclic) bond motifs is 1. The van der Waals surface area contributed by atoms with Gasteiger partial charge in [-0.25, -0.2) is 9.07 Å². The normalized spacial score (nSPS) is 15.4. The molecule has 1 aromatic heterocycles. The average molecular weight is 298 g/mol. The number of hydrogen-bond donors (Lipinski definition) is 0. The first-order valence-electron chi connectivity index (χ1n) is 7.26. The minimum atomic E-state index is -0.251. The van der Waals surface area contributed by atoms with Crippen molar-refractivity contribution < 1.29 is 9.13 Å². The van der Waals surface area contributed by atoms with Crippen LogP contribution in [0.25, 0.3) is 16.7 Å². The number of morpholine rings is 1. The first kappa shape index (κ1) is 13.2. The molecule has 0 saturated carbocycles. The molecule has 3 aromatic rings. The van der Waals surface area contributed by atoms with Gasteiger partial charge in [0.05, 0.1) is 30.1 Å². The Kier molecular flexibility index (Phi) is 3.23. The maximum absolute atomic E-state index is 14.5. The zero-order valence-corrected chi connectivity index (χ0v) is 11.9. The Hall–Kier alpha value is -2.47. The molecule has 0 N–H and O–H groups in total. The van der Waals surface area contributed by atoms with E-state index in [1.54, 1.807) is 10.7 Å². The van der Waals surface area contributed by atoms with Crippen molar-refractivity contribution in [3.05, 3.63) is 48.3 Å². The van der Waals surface area contributed by atoms with Crippen LogP contribution in [0.3, 0.4) is 0 Å². The van der Waals surface area contributed by atoms with E-state index >= 15 is 0 Å². The molecule has 0 aliphatic carbocycles. The highest BCUT2D eigenvalue weighted by molar-refractivity contribution is 5.76. The predicted octanol–water partition coefficient (Wildman–Crippen LogP) is 2.40. The predicted molar refractivity (Wildman–Crippen MR) is 81.9 cm³/mol. The fraction of sp³-hybridized carbons (Fsp3) is 0.250.